The van der Waals surface area contributed by atoms with Crippen molar-refractivity contribution in [3.63, 3.8) is 0 Å². The van der Waals surface area contributed by atoms with Gasteiger partial charge in [-0.25, -0.2) is 4.98 Å². The van der Waals surface area contributed by atoms with Crippen LogP contribution < -0.4 is 5.56 Å². The number of aromatic nitrogens is 2. The van der Waals surface area contributed by atoms with Crippen molar-refractivity contribution in [3.05, 3.63) is 32.8 Å². The summed E-state index contributed by atoms with van der Waals surface area (Å²) in [6.45, 7) is 2.65. The Balaban J connectivity index is 2.62. The third-order valence-corrected chi connectivity index (χ3v) is 3.51. The number of rotatable bonds is 3. The molecule has 1 heterocycles. The molecule has 0 aliphatic heterocycles. The van der Waals surface area contributed by atoms with Crippen molar-refractivity contribution in [1.82, 2.24) is 9.55 Å². The van der Waals surface area contributed by atoms with Gasteiger partial charge in [-0.15, -0.1) is 0 Å². The van der Waals surface area contributed by atoms with Gasteiger partial charge in [0, 0.05) is 6.54 Å². The van der Waals surface area contributed by atoms with E-state index >= 15 is 0 Å². The monoisotopic (exact) mass is 298 g/mol. The maximum absolute atomic E-state index is 12.3. The minimum Gasteiger partial charge on any atom is -0.504 e. The molecule has 0 saturated heterocycles. The lowest BCUT2D eigenvalue weighted by molar-refractivity contribution is 0.480. The molecule has 0 aliphatic rings. The van der Waals surface area contributed by atoms with E-state index in [1.807, 2.05) is 0 Å². The number of halogens is 2. The molecule has 0 fully saturated rings. The highest BCUT2D eigenvalue weighted by molar-refractivity contribution is 6.39. The Morgan fingerprint density at radius 3 is 2.79 bits per heavy atom. The molecule has 1 aromatic carbocycles. The predicted octanol–water partition coefficient (Wildman–Crippen LogP) is 2.24. The molecule has 0 aliphatic carbocycles. The van der Waals surface area contributed by atoms with Crippen molar-refractivity contribution in [3.8, 4) is 5.75 Å². The van der Waals surface area contributed by atoms with Crippen LogP contribution in [0.5, 0.6) is 5.75 Å². The van der Waals surface area contributed by atoms with E-state index < -0.39 is 0 Å². The van der Waals surface area contributed by atoms with Crippen LogP contribution in [-0.2, 0) is 6.54 Å². The Morgan fingerprint density at radius 2 is 2.16 bits per heavy atom. The van der Waals surface area contributed by atoms with E-state index in [1.54, 1.807) is 0 Å². The maximum atomic E-state index is 12.3. The van der Waals surface area contributed by atoms with Crippen LogP contribution in [0, 0.1) is 0 Å². The van der Waals surface area contributed by atoms with Crippen LogP contribution in [0.2, 0.25) is 15.9 Å². The lowest BCUT2D eigenvalue weighted by Crippen LogP contribution is -2.21. The second-order valence-corrected chi connectivity index (χ2v) is 5.65. The largest absolute Gasteiger partial charge is 0.504 e. The average molecular weight is 299 g/mol. The molecule has 7 heteroatoms. The summed E-state index contributed by atoms with van der Waals surface area (Å²) < 4.78 is 1.50. The van der Waals surface area contributed by atoms with Crippen LogP contribution >= 0.6 is 23.2 Å². The number of hydrogen-bond donors (Lipinski definition) is 1. The van der Waals surface area contributed by atoms with Crippen LogP contribution in [0.1, 0.15) is 13.3 Å². The standard InChI is InChI=1S/C12H13BCl2N2O2/c1-6(13)2-3-17-5-16-10-9(12(17)19)7(14)4-8(15)11(10)18/h4-6,18H,2-3,13H2,1H3. The second kappa shape index (κ2) is 5.43. The lowest BCUT2D eigenvalue weighted by atomic mass is 9.87. The van der Waals surface area contributed by atoms with Gasteiger partial charge in [0.2, 0.25) is 0 Å². The Bertz CT molecular complexity index is 685. The van der Waals surface area contributed by atoms with Gasteiger partial charge < -0.3 is 5.11 Å². The van der Waals surface area contributed by atoms with E-state index in [2.05, 4.69) is 19.8 Å². The molecule has 0 amide bonds. The molecular weight excluding hydrogens is 286 g/mol. The SMILES string of the molecule is BC(C)CCn1cnc2c(O)c(Cl)cc(Cl)c2c1=O. The highest BCUT2D eigenvalue weighted by Crippen LogP contribution is 2.34. The summed E-state index contributed by atoms with van der Waals surface area (Å²) in [5.41, 5.74) is -0.120. The summed E-state index contributed by atoms with van der Waals surface area (Å²) in [4.78, 5) is 16.4. The van der Waals surface area contributed by atoms with Crippen LogP contribution in [0.3, 0.4) is 0 Å². The number of aromatic hydroxyl groups is 1. The number of benzene rings is 1. The minimum absolute atomic E-state index is 0.0873. The number of phenols is 1. The van der Waals surface area contributed by atoms with Crippen molar-refractivity contribution in [2.24, 2.45) is 0 Å². The molecule has 2 aromatic rings. The Labute approximate surface area is 121 Å². The summed E-state index contributed by atoms with van der Waals surface area (Å²) in [5.74, 6) is 0.269. The van der Waals surface area contributed by atoms with Crippen LogP contribution in [0.4, 0.5) is 0 Å². The summed E-state index contributed by atoms with van der Waals surface area (Å²) in [6, 6.07) is 1.36. The van der Waals surface area contributed by atoms with Crippen molar-refractivity contribution >= 4 is 42.0 Å². The molecule has 0 bridgehead atoms. The van der Waals surface area contributed by atoms with Gasteiger partial charge in [-0.1, -0.05) is 35.9 Å². The van der Waals surface area contributed by atoms with Gasteiger partial charge in [0.05, 0.1) is 21.8 Å². The predicted molar refractivity (Wildman–Crippen MR) is 80.3 cm³/mol. The van der Waals surface area contributed by atoms with Crippen molar-refractivity contribution in [1.29, 1.82) is 0 Å². The smallest absolute Gasteiger partial charge is 0.262 e. The van der Waals surface area contributed by atoms with Gasteiger partial charge in [-0.3, -0.25) is 9.36 Å². The van der Waals surface area contributed by atoms with Crippen LogP contribution in [-0.4, -0.2) is 22.5 Å². The lowest BCUT2D eigenvalue weighted by Gasteiger charge is -2.10. The van der Waals surface area contributed by atoms with Gasteiger partial charge >= 0.3 is 0 Å². The van der Waals surface area contributed by atoms with Crippen LogP contribution in [0.15, 0.2) is 17.2 Å². The molecule has 19 heavy (non-hydrogen) atoms. The summed E-state index contributed by atoms with van der Waals surface area (Å²) >= 11 is 11.8. The summed E-state index contributed by atoms with van der Waals surface area (Å²) in [5, 5.41) is 10.3. The van der Waals surface area contributed by atoms with Crippen molar-refractivity contribution < 1.29 is 5.11 Å². The van der Waals surface area contributed by atoms with Gasteiger partial charge in [-0.05, 0) is 12.5 Å². The first kappa shape index (κ1) is 14.2. The van der Waals surface area contributed by atoms with Crippen molar-refractivity contribution in [2.75, 3.05) is 0 Å². The maximum Gasteiger partial charge on any atom is 0.262 e. The number of aryl methyl sites for hydroxylation is 1. The number of fused-ring (bicyclic) bond motifs is 1. The zero-order valence-electron chi connectivity index (χ0n) is 10.7. The Morgan fingerprint density at radius 1 is 1.47 bits per heavy atom. The fourth-order valence-corrected chi connectivity index (χ4v) is 2.34. The molecule has 100 valence electrons. The zero-order chi connectivity index (χ0) is 14.2. The molecule has 1 aromatic heterocycles. The fourth-order valence-electron chi connectivity index (χ4n) is 1.81. The highest BCUT2D eigenvalue weighted by Gasteiger charge is 2.15. The molecular formula is C12H13BCl2N2O2. The number of phenolic OH excluding ortho intramolecular Hbond substituents is 1. The Hall–Kier alpha value is -1.20. The molecule has 1 N–H and O–H groups in total. The average Bonchev–Trinajstić information content (AvgIpc) is 2.34. The van der Waals surface area contributed by atoms with Gasteiger partial charge in [-0.2, -0.15) is 0 Å². The summed E-state index contributed by atoms with van der Waals surface area (Å²) in [6.07, 6.45) is 2.28. The zero-order valence-corrected chi connectivity index (χ0v) is 12.2. The van der Waals surface area contributed by atoms with E-state index in [0.717, 1.165) is 6.42 Å². The molecule has 1 unspecified atom stereocenters. The van der Waals surface area contributed by atoms with E-state index in [0.29, 0.717) is 12.4 Å². The molecule has 0 radical (unpaired) electrons. The first-order chi connectivity index (χ1) is 8.91. The quantitative estimate of drug-likeness (QED) is 0.884. The van der Waals surface area contributed by atoms with Gasteiger partial charge in [0.1, 0.15) is 13.4 Å². The van der Waals surface area contributed by atoms with E-state index in [9.17, 15) is 9.90 Å². The van der Waals surface area contributed by atoms with E-state index in [-0.39, 0.29) is 32.3 Å². The third kappa shape index (κ3) is 2.72. The molecule has 1 atom stereocenters. The van der Waals surface area contributed by atoms with Gasteiger partial charge in [0.15, 0.2) is 5.75 Å². The Kier molecular flexibility index (Phi) is 4.06. The minimum atomic E-state index is -0.261. The highest BCUT2D eigenvalue weighted by atomic mass is 35.5. The van der Waals surface area contributed by atoms with E-state index in [4.69, 9.17) is 23.2 Å². The normalized spacial score (nSPS) is 12.8. The topological polar surface area (TPSA) is 55.1 Å². The van der Waals surface area contributed by atoms with Gasteiger partial charge in [0.25, 0.3) is 5.56 Å². The first-order valence-corrected chi connectivity index (χ1v) is 6.73. The third-order valence-electron chi connectivity index (χ3n) is 2.93. The molecule has 0 saturated carbocycles. The second-order valence-electron chi connectivity index (χ2n) is 4.84. The fraction of sp³-hybridized carbons (Fsp3) is 0.333. The molecule has 0 spiro atoms. The number of hydrogen-bond acceptors (Lipinski definition) is 3. The molecule has 4 nitrogen and oxygen atoms in total. The first-order valence-electron chi connectivity index (χ1n) is 5.98. The summed E-state index contributed by atoms with van der Waals surface area (Å²) in [7, 11) is 2.08. The number of nitrogens with zero attached hydrogens (tertiary/aromatic N) is 2. The van der Waals surface area contributed by atoms with Crippen molar-refractivity contribution in [2.45, 2.75) is 25.7 Å². The van der Waals surface area contributed by atoms with E-state index in [1.165, 1.54) is 17.0 Å². The van der Waals surface area contributed by atoms with Crippen LogP contribution in [0.25, 0.3) is 10.9 Å². The molecule has 2 rings (SSSR count).